The van der Waals surface area contributed by atoms with Crippen LogP contribution in [0.5, 0.6) is 0 Å². The number of allylic oxidation sites excluding steroid dienone is 3. The van der Waals surface area contributed by atoms with E-state index in [-0.39, 0.29) is 109 Å². The van der Waals surface area contributed by atoms with Gasteiger partial charge < -0.3 is 23.8 Å². The van der Waals surface area contributed by atoms with Gasteiger partial charge in [-0.15, -0.1) is 0 Å². The van der Waals surface area contributed by atoms with E-state index < -0.39 is 52.4 Å². The minimum absolute atomic E-state index is 0. The fraction of sp³-hybridized carbons (Fsp3) is 0.459. The van der Waals surface area contributed by atoms with Crippen LogP contribution in [0, 0.1) is 0 Å². The van der Waals surface area contributed by atoms with E-state index in [1.807, 2.05) is 35.8 Å². The van der Waals surface area contributed by atoms with E-state index in [1.54, 1.807) is 30.1 Å². The predicted octanol–water partition coefficient (Wildman–Crippen LogP) is -2.46. The number of carboxylic acid groups (broad SMARTS) is 1. The van der Waals surface area contributed by atoms with E-state index in [9.17, 15) is 48.8 Å². The van der Waals surface area contributed by atoms with Crippen molar-refractivity contribution in [3.05, 3.63) is 82.6 Å². The molecule has 1 aromatic carbocycles. The van der Waals surface area contributed by atoms with Gasteiger partial charge in [-0.25, -0.2) is 13.0 Å². The predicted molar refractivity (Wildman–Crippen MR) is 202 cm³/mol. The first-order chi connectivity index (χ1) is 24.9. The fourth-order valence-electron chi connectivity index (χ4n) is 6.92. The van der Waals surface area contributed by atoms with Crippen LogP contribution in [-0.4, -0.2) is 76.0 Å². The topological polar surface area (TPSA) is 225 Å². The number of hydrogen-bond donors (Lipinski definition) is 2. The third kappa shape index (κ3) is 13.3. The van der Waals surface area contributed by atoms with Gasteiger partial charge in [-0.05, 0) is 98.6 Å². The molecule has 1 unspecified atom stereocenters. The van der Waals surface area contributed by atoms with Crippen molar-refractivity contribution >= 4 is 48.1 Å². The van der Waals surface area contributed by atoms with E-state index in [0.29, 0.717) is 41.6 Å². The van der Waals surface area contributed by atoms with Crippen molar-refractivity contribution in [3.63, 3.8) is 0 Å². The molecule has 0 spiro atoms. The monoisotopic (exact) mass is 853 g/mol. The van der Waals surface area contributed by atoms with Crippen molar-refractivity contribution in [2.75, 3.05) is 36.0 Å². The zero-order valence-electron chi connectivity index (χ0n) is 32.9. The first-order valence-corrected chi connectivity index (χ1v) is 22.1. The van der Waals surface area contributed by atoms with Crippen molar-refractivity contribution in [3.8, 4) is 11.3 Å². The second-order valence-corrected chi connectivity index (χ2v) is 19.1. The first kappa shape index (κ1) is 50.3. The molecule has 4 rings (SSSR count). The molecule has 2 heterocycles. The Morgan fingerprint density at radius 3 is 2.16 bits per heavy atom. The number of hydrogen-bond acceptors (Lipinski definition) is 11. The van der Waals surface area contributed by atoms with Crippen LogP contribution in [0.15, 0.2) is 69.6 Å². The molecule has 1 atom stereocenters. The zero-order valence-corrected chi connectivity index (χ0v) is 39.4. The van der Waals surface area contributed by atoms with Gasteiger partial charge in [0.1, 0.15) is 34.7 Å². The van der Waals surface area contributed by atoms with E-state index in [2.05, 4.69) is 20.8 Å². The number of carboxylic acids is 1. The van der Waals surface area contributed by atoms with Crippen molar-refractivity contribution in [2.24, 2.45) is 0 Å². The Kier molecular flexibility index (Phi) is 17.9. The molecule has 14 nitrogen and oxygen atoms in total. The Labute approximate surface area is 374 Å². The maximum absolute atomic E-state index is 12.1. The van der Waals surface area contributed by atoms with E-state index in [4.69, 9.17) is 4.42 Å². The number of carbonyl (C=O) groups excluding carboxylic acids is 1. The molecule has 0 saturated heterocycles. The molecule has 0 aromatic heterocycles. The van der Waals surface area contributed by atoms with Crippen LogP contribution in [0.3, 0.4) is 0 Å². The minimum atomic E-state index is -4.86. The molecule has 0 fully saturated rings. The third-order valence-corrected chi connectivity index (χ3v) is 11.9. The number of aliphatic carboxylic acids is 1. The molecule has 2 N–H and O–H groups in total. The van der Waals surface area contributed by atoms with Gasteiger partial charge >= 0.3 is 59.1 Å². The van der Waals surface area contributed by atoms with Crippen molar-refractivity contribution in [1.29, 1.82) is 0 Å². The largest absolute Gasteiger partial charge is 1.00 e. The minimum Gasteiger partial charge on any atom is -0.744 e. The quantitative estimate of drug-likeness (QED) is 0.0868. The van der Waals surface area contributed by atoms with Crippen LogP contribution >= 0.6 is 0 Å². The van der Waals surface area contributed by atoms with Crippen LogP contribution in [-0.2, 0) is 46.0 Å². The van der Waals surface area contributed by atoms with Gasteiger partial charge in [0.15, 0.2) is 0 Å². The summed E-state index contributed by atoms with van der Waals surface area (Å²) in [6.45, 7) is 11.0. The van der Waals surface area contributed by atoms with Crippen LogP contribution in [0.2, 0.25) is 0 Å². The van der Waals surface area contributed by atoms with Gasteiger partial charge in [-0.3, -0.25) is 9.11 Å². The second kappa shape index (κ2) is 19.9. The van der Waals surface area contributed by atoms with Crippen LogP contribution in [0.1, 0.15) is 83.6 Å². The summed E-state index contributed by atoms with van der Waals surface area (Å²) >= 11 is 0. The van der Waals surface area contributed by atoms with Gasteiger partial charge in [-0.1, -0.05) is 26.8 Å². The molecule has 3 aliphatic rings. The number of carbonyl (C=O) groups is 1. The van der Waals surface area contributed by atoms with E-state index in [1.165, 1.54) is 18.2 Å². The van der Waals surface area contributed by atoms with E-state index in [0.717, 1.165) is 16.5 Å². The van der Waals surface area contributed by atoms with Crippen LogP contribution in [0.25, 0.3) is 17.4 Å². The average Bonchev–Trinajstić information content (AvgIpc) is 3.26. The van der Waals surface area contributed by atoms with Gasteiger partial charge in [-0.2, -0.15) is 16.8 Å². The summed E-state index contributed by atoms with van der Waals surface area (Å²) in [5.41, 5.74) is 2.03. The van der Waals surface area contributed by atoms with Gasteiger partial charge in [0.05, 0.1) is 22.5 Å². The van der Waals surface area contributed by atoms with Gasteiger partial charge in [0.25, 0.3) is 20.2 Å². The molecular formula is C37H47N2Na2O12S3+. The summed E-state index contributed by atoms with van der Waals surface area (Å²) in [6, 6.07) is 11.6. The fourth-order valence-corrected chi connectivity index (χ4v) is 8.40. The third-order valence-electron chi connectivity index (χ3n) is 9.51. The maximum Gasteiger partial charge on any atom is 1.00 e. The van der Waals surface area contributed by atoms with Gasteiger partial charge in [0.2, 0.25) is 5.36 Å². The number of benzene rings is 2. The van der Waals surface area contributed by atoms with Crippen molar-refractivity contribution in [1.82, 2.24) is 4.58 Å². The Hall–Kier alpha value is -1.87. The SMILES string of the molecule is CC[N+](CCCS(=O)(=O)O)=c1ccc2c(C(C)(C)C)cc(/C=C/C=C3\N(CCCS(=O)(=O)O)c4ccc(S(=O)(=O)[O-])cc4C3(C)CCCC(=O)[O-])oc-2c1.[Na+].[Na+]. The molecule has 19 heteroatoms. The van der Waals surface area contributed by atoms with Crippen molar-refractivity contribution < 1.29 is 112 Å². The Morgan fingerprint density at radius 1 is 0.946 bits per heavy atom. The molecule has 56 heavy (non-hydrogen) atoms. The summed E-state index contributed by atoms with van der Waals surface area (Å²) in [4.78, 5) is 12.7. The molecule has 296 valence electrons. The Balaban J connectivity index is 0.00000541. The van der Waals surface area contributed by atoms with Crippen LogP contribution in [0.4, 0.5) is 5.69 Å². The van der Waals surface area contributed by atoms with Crippen molar-refractivity contribution in [2.45, 2.75) is 82.4 Å². The summed E-state index contributed by atoms with van der Waals surface area (Å²) < 4.78 is 109. The first-order valence-electron chi connectivity index (χ1n) is 17.5. The van der Waals surface area contributed by atoms with E-state index >= 15 is 0 Å². The summed E-state index contributed by atoms with van der Waals surface area (Å²) in [7, 11) is -13.3. The number of rotatable bonds is 16. The Morgan fingerprint density at radius 2 is 1.59 bits per heavy atom. The molecule has 0 bridgehead atoms. The number of nitrogens with zero attached hydrogens (tertiary/aromatic N) is 2. The average molecular weight is 854 g/mol. The molecule has 2 aliphatic heterocycles. The normalized spacial score (nSPS) is 17.5. The summed E-state index contributed by atoms with van der Waals surface area (Å²) in [5.74, 6) is -1.13. The van der Waals surface area contributed by atoms with Gasteiger partial charge in [0, 0.05) is 47.4 Å². The maximum atomic E-state index is 12.1. The molecular weight excluding hydrogens is 807 g/mol. The summed E-state index contributed by atoms with van der Waals surface area (Å²) in [6.07, 6.45) is 5.50. The molecule has 1 aromatic rings. The number of fused-ring (bicyclic) bond motifs is 2. The summed E-state index contributed by atoms with van der Waals surface area (Å²) in [5, 5.41) is 12.2. The smallest absolute Gasteiger partial charge is 0.744 e. The standard InChI is InChI=1S/C37H48N2O12S3.2Na/c1-6-38(19-9-21-52(42,43)44)26-14-16-29-30(36(2,3)4)24-27(51-33(29)23-26)11-7-12-34-37(5,18-8-13-35(40)41)31-25-28(54(48,49)50)15-17-32(31)39(34)20-10-22-53(45,46)47;;/h7,11-12,14-17,23-25H,6,8-10,13,18-22H2,1-5H3,(H3-,40,41,42,43,44,45,46,47,48,49,50);;/q;2*+1/p-1. The second-order valence-electron chi connectivity index (χ2n) is 14.6. The number of anilines is 1. The molecule has 0 amide bonds. The zero-order chi connectivity index (χ0) is 40.3. The molecule has 0 radical (unpaired) electrons. The molecule has 0 saturated carbocycles. The Bertz CT molecular complexity index is 2330. The van der Waals surface area contributed by atoms with Crippen LogP contribution < -0.4 is 79.1 Å². The molecule has 1 aliphatic carbocycles.